The largest absolute Gasteiger partial charge is 0.385 e. The highest BCUT2D eigenvalue weighted by Gasteiger charge is 2.29. The monoisotopic (exact) mass is 311 g/mol. The summed E-state index contributed by atoms with van der Waals surface area (Å²) in [6.45, 7) is 4.06. The lowest BCUT2D eigenvalue weighted by atomic mass is 9.95. The molecule has 0 amide bonds. The third-order valence-corrected chi connectivity index (χ3v) is 6.19. The number of methoxy groups -OCH3 is 1. The lowest BCUT2D eigenvalue weighted by molar-refractivity contribution is 0.158. The van der Waals surface area contributed by atoms with Crippen LogP contribution in [0.15, 0.2) is 29.2 Å². The first-order valence-corrected chi connectivity index (χ1v) is 9.10. The summed E-state index contributed by atoms with van der Waals surface area (Å²) in [5, 5.41) is 0. The quantitative estimate of drug-likeness (QED) is 0.811. The molecule has 1 heterocycles. The van der Waals surface area contributed by atoms with Crippen molar-refractivity contribution in [1.29, 1.82) is 0 Å². The van der Waals surface area contributed by atoms with Crippen molar-refractivity contribution >= 4 is 10.0 Å². The molecule has 5 heteroatoms. The number of hydrogen-bond donors (Lipinski definition) is 0. The summed E-state index contributed by atoms with van der Waals surface area (Å²) in [6.07, 6.45) is 3.80. The van der Waals surface area contributed by atoms with Crippen molar-refractivity contribution in [2.45, 2.75) is 37.5 Å². The molecule has 1 aliphatic heterocycles. The molecular formula is C16H25NO3S. The van der Waals surface area contributed by atoms with Gasteiger partial charge in [-0.05, 0) is 49.3 Å². The Bertz CT molecular complexity index is 531. The molecule has 0 aromatic heterocycles. The summed E-state index contributed by atoms with van der Waals surface area (Å²) in [6, 6.07) is 7.26. The van der Waals surface area contributed by atoms with Gasteiger partial charge in [-0.1, -0.05) is 19.1 Å². The fourth-order valence-corrected chi connectivity index (χ4v) is 4.24. The summed E-state index contributed by atoms with van der Waals surface area (Å²) in [7, 11) is -1.62. The Morgan fingerprint density at radius 2 is 1.81 bits per heavy atom. The first-order chi connectivity index (χ1) is 10.1. The number of benzene rings is 1. The van der Waals surface area contributed by atoms with E-state index in [1.54, 1.807) is 23.5 Å². The number of rotatable bonds is 6. The minimum atomic E-state index is -3.33. The van der Waals surface area contributed by atoms with Crippen LogP contribution in [-0.4, -0.2) is 39.5 Å². The lowest BCUT2D eigenvalue weighted by Gasteiger charge is -2.31. The Morgan fingerprint density at radius 1 is 1.19 bits per heavy atom. The second-order valence-corrected chi connectivity index (χ2v) is 7.56. The summed E-state index contributed by atoms with van der Waals surface area (Å²) < 4.78 is 31.9. The minimum Gasteiger partial charge on any atom is -0.385 e. The molecule has 118 valence electrons. The van der Waals surface area contributed by atoms with Crippen LogP contribution in [0.5, 0.6) is 0 Å². The molecule has 1 saturated heterocycles. The Labute approximate surface area is 128 Å². The van der Waals surface area contributed by atoms with E-state index >= 15 is 0 Å². The Morgan fingerprint density at radius 3 is 2.33 bits per heavy atom. The number of hydrogen-bond acceptors (Lipinski definition) is 3. The number of aryl methyl sites for hydroxylation is 1. The van der Waals surface area contributed by atoms with E-state index in [0.29, 0.717) is 23.9 Å². The zero-order valence-corrected chi connectivity index (χ0v) is 13.7. The summed E-state index contributed by atoms with van der Waals surface area (Å²) in [5.41, 5.74) is 1.16. The van der Waals surface area contributed by atoms with Crippen molar-refractivity contribution in [1.82, 2.24) is 4.31 Å². The van der Waals surface area contributed by atoms with Gasteiger partial charge in [0.15, 0.2) is 0 Å². The number of nitrogens with zero attached hydrogens (tertiary/aromatic N) is 1. The molecule has 0 radical (unpaired) electrons. The van der Waals surface area contributed by atoms with E-state index in [0.717, 1.165) is 37.9 Å². The topological polar surface area (TPSA) is 46.6 Å². The zero-order chi connectivity index (χ0) is 15.3. The molecule has 1 fully saturated rings. The number of sulfonamides is 1. The molecule has 0 saturated carbocycles. The first kappa shape index (κ1) is 16.5. The fraction of sp³-hybridized carbons (Fsp3) is 0.625. The fourth-order valence-electron chi connectivity index (χ4n) is 2.77. The van der Waals surface area contributed by atoms with Gasteiger partial charge in [-0.3, -0.25) is 0 Å². The van der Waals surface area contributed by atoms with Gasteiger partial charge in [0.1, 0.15) is 0 Å². The molecule has 1 aliphatic rings. The lowest BCUT2D eigenvalue weighted by Crippen LogP contribution is -2.38. The van der Waals surface area contributed by atoms with E-state index in [1.165, 1.54) is 0 Å². The van der Waals surface area contributed by atoms with Crippen LogP contribution in [0.25, 0.3) is 0 Å². The van der Waals surface area contributed by atoms with Gasteiger partial charge in [0.05, 0.1) is 4.90 Å². The number of piperidine rings is 1. The average molecular weight is 311 g/mol. The molecule has 4 nitrogen and oxygen atoms in total. The molecule has 0 aliphatic carbocycles. The molecule has 0 atom stereocenters. The van der Waals surface area contributed by atoms with Gasteiger partial charge in [-0.15, -0.1) is 0 Å². The normalized spacial score (nSPS) is 18.0. The van der Waals surface area contributed by atoms with Crippen LogP contribution in [0.2, 0.25) is 0 Å². The van der Waals surface area contributed by atoms with Gasteiger partial charge in [0, 0.05) is 26.8 Å². The van der Waals surface area contributed by atoms with Gasteiger partial charge in [0.25, 0.3) is 0 Å². The zero-order valence-electron chi connectivity index (χ0n) is 12.9. The predicted octanol–water partition coefficient (Wildman–Crippen LogP) is 2.69. The van der Waals surface area contributed by atoms with Gasteiger partial charge in [-0.2, -0.15) is 4.31 Å². The molecule has 0 N–H and O–H groups in total. The molecule has 1 aromatic carbocycles. The van der Waals surface area contributed by atoms with E-state index in [2.05, 4.69) is 6.92 Å². The Kier molecular flexibility index (Phi) is 5.79. The van der Waals surface area contributed by atoms with E-state index in [-0.39, 0.29) is 0 Å². The standard InChI is InChI=1S/C16H25NO3S/c1-3-14-4-6-16(7-5-14)21(18,19)17-11-8-15(9-12-17)10-13-20-2/h4-7,15H,3,8-13H2,1-2H3. The van der Waals surface area contributed by atoms with Gasteiger partial charge in [0.2, 0.25) is 10.0 Å². The second kappa shape index (κ2) is 7.38. The van der Waals surface area contributed by atoms with E-state index < -0.39 is 10.0 Å². The van der Waals surface area contributed by atoms with E-state index in [1.807, 2.05) is 12.1 Å². The average Bonchev–Trinajstić information content (AvgIpc) is 2.53. The Balaban J connectivity index is 2.00. The van der Waals surface area contributed by atoms with Crippen molar-refractivity contribution in [3.63, 3.8) is 0 Å². The molecule has 1 aromatic rings. The van der Waals surface area contributed by atoms with Crippen LogP contribution < -0.4 is 0 Å². The number of ether oxygens (including phenoxy) is 1. The second-order valence-electron chi connectivity index (χ2n) is 5.63. The van der Waals surface area contributed by atoms with Crippen molar-refractivity contribution in [2.24, 2.45) is 5.92 Å². The van der Waals surface area contributed by atoms with E-state index in [4.69, 9.17) is 4.74 Å². The predicted molar refractivity (Wildman–Crippen MR) is 83.8 cm³/mol. The smallest absolute Gasteiger partial charge is 0.243 e. The van der Waals surface area contributed by atoms with Crippen molar-refractivity contribution in [3.05, 3.63) is 29.8 Å². The van der Waals surface area contributed by atoms with Gasteiger partial charge in [-0.25, -0.2) is 8.42 Å². The highest BCUT2D eigenvalue weighted by molar-refractivity contribution is 7.89. The maximum Gasteiger partial charge on any atom is 0.243 e. The molecular weight excluding hydrogens is 286 g/mol. The minimum absolute atomic E-state index is 0.412. The van der Waals surface area contributed by atoms with Crippen molar-refractivity contribution in [3.8, 4) is 0 Å². The molecule has 2 rings (SSSR count). The van der Waals surface area contributed by atoms with E-state index in [9.17, 15) is 8.42 Å². The van der Waals surface area contributed by atoms with Crippen molar-refractivity contribution in [2.75, 3.05) is 26.8 Å². The maximum absolute atomic E-state index is 12.6. The van der Waals surface area contributed by atoms with Crippen molar-refractivity contribution < 1.29 is 13.2 Å². The van der Waals surface area contributed by atoms with Gasteiger partial charge < -0.3 is 4.74 Å². The summed E-state index contributed by atoms with van der Waals surface area (Å²) >= 11 is 0. The first-order valence-electron chi connectivity index (χ1n) is 7.66. The Hall–Kier alpha value is -0.910. The highest BCUT2D eigenvalue weighted by Crippen LogP contribution is 2.25. The van der Waals surface area contributed by atoms with Crippen LogP contribution in [0.4, 0.5) is 0 Å². The summed E-state index contributed by atoms with van der Waals surface area (Å²) in [5.74, 6) is 0.582. The third-order valence-electron chi connectivity index (χ3n) is 4.27. The van der Waals surface area contributed by atoms with Crippen LogP contribution in [0.3, 0.4) is 0 Å². The molecule has 21 heavy (non-hydrogen) atoms. The summed E-state index contributed by atoms with van der Waals surface area (Å²) in [4.78, 5) is 0.412. The van der Waals surface area contributed by atoms with Crippen LogP contribution in [0, 0.1) is 5.92 Å². The van der Waals surface area contributed by atoms with Gasteiger partial charge >= 0.3 is 0 Å². The van der Waals surface area contributed by atoms with Crippen LogP contribution >= 0.6 is 0 Å². The SMILES string of the molecule is CCc1ccc(S(=O)(=O)N2CCC(CCOC)CC2)cc1. The van der Waals surface area contributed by atoms with Crippen LogP contribution in [0.1, 0.15) is 31.7 Å². The molecule has 0 unspecified atom stereocenters. The highest BCUT2D eigenvalue weighted by atomic mass is 32.2. The molecule has 0 spiro atoms. The maximum atomic E-state index is 12.6. The third kappa shape index (κ3) is 4.05. The van der Waals surface area contributed by atoms with Crippen LogP contribution in [-0.2, 0) is 21.2 Å². The molecule has 0 bridgehead atoms.